The van der Waals surface area contributed by atoms with Crippen LogP contribution >= 0.6 is 0 Å². The van der Waals surface area contributed by atoms with E-state index in [2.05, 4.69) is 5.32 Å². The van der Waals surface area contributed by atoms with Gasteiger partial charge in [0, 0.05) is 12.6 Å². The van der Waals surface area contributed by atoms with Crippen molar-refractivity contribution in [1.82, 2.24) is 5.32 Å². The summed E-state index contributed by atoms with van der Waals surface area (Å²) >= 11 is 0. The van der Waals surface area contributed by atoms with Gasteiger partial charge >= 0.3 is 0 Å². The van der Waals surface area contributed by atoms with Gasteiger partial charge in [0.15, 0.2) is 9.84 Å². The first-order valence-corrected chi connectivity index (χ1v) is 6.28. The zero-order valence-corrected chi connectivity index (χ0v) is 10.0. The molecule has 0 aliphatic rings. The second kappa shape index (κ2) is 4.42. The first-order chi connectivity index (χ1) is 5.67. The lowest BCUT2D eigenvalue weighted by atomic mass is 10.3. The maximum Gasteiger partial charge on any atom is 0.156 e. The summed E-state index contributed by atoms with van der Waals surface area (Å²) in [6.45, 7) is 9.75. The van der Waals surface area contributed by atoms with Gasteiger partial charge in [-0.05, 0) is 20.8 Å². The van der Waals surface area contributed by atoms with E-state index in [1.165, 1.54) is 0 Å². The molecule has 1 N–H and O–H groups in total. The largest absolute Gasteiger partial charge is 0.314 e. The number of hydrogen-bond donors (Lipinski definition) is 1. The van der Waals surface area contributed by atoms with Crippen molar-refractivity contribution in [3.63, 3.8) is 0 Å². The van der Waals surface area contributed by atoms with Crippen LogP contribution in [0, 0.1) is 0 Å². The molecule has 0 bridgehead atoms. The lowest BCUT2D eigenvalue weighted by Crippen LogP contribution is -2.36. The molecule has 0 unspecified atom stereocenters. The van der Waals surface area contributed by atoms with Crippen LogP contribution in [-0.2, 0) is 9.84 Å². The maximum absolute atomic E-state index is 11.6. The number of rotatable bonds is 4. The van der Waals surface area contributed by atoms with E-state index in [0.717, 1.165) is 0 Å². The first-order valence-electron chi connectivity index (χ1n) is 4.62. The van der Waals surface area contributed by atoms with E-state index in [0.29, 0.717) is 12.6 Å². The zero-order valence-electron chi connectivity index (χ0n) is 9.22. The Morgan fingerprint density at radius 1 is 1.23 bits per heavy atom. The Balaban J connectivity index is 4.07. The molecule has 0 aliphatic heterocycles. The molecule has 0 saturated heterocycles. The van der Waals surface area contributed by atoms with Gasteiger partial charge < -0.3 is 5.32 Å². The lowest BCUT2D eigenvalue weighted by molar-refractivity contribution is 0.549. The third kappa shape index (κ3) is 4.62. The second-order valence-electron chi connectivity index (χ2n) is 4.54. The van der Waals surface area contributed by atoms with Crippen LogP contribution in [-0.4, -0.2) is 31.5 Å². The van der Waals surface area contributed by atoms with Gasteiger partial charge in [-0.2, -0.15) is 0 Å². The number of nitrogens with one attached hydrogen (secondary N) is 1. The highest BCUT2D eigenvalue weighted by molar-refractivity contribution is 7.92. The Bertz CT molecular complexity index is 237. The standard InChI is InChI=1S/C9H21NO2S/c1-8(2)10-6-7-13(11,12)9(3,4)5/h8,10H,6-7H2,1-5H3. The summed E-state index contributed by atoms with van der Waals surface area (Å²) in [5.74, 6) is 0.217. The maximum atomic E-state index is 11.6. The molecular formula is C9H21NO2S. The highest BCUT2D eigenvalue weighted by Crippen LogP contribution is 2.15. The molecule has 0 fully saturated rings. The molecule has 13 heavy (non-hydrogen) atoms. The summed E-state index contributed by atoms with van der Waals surface area (Å²) in [4.78, 5) is 0. The van der Waals surface area contributed by atoms with Crippen molar-refractivity contribution in [1.29, 1.82) is 0 Å². The van der Waals surface area contributed by atoms with Gasteiger partial charge in [0.1, 0.15) is 0 Å². The molecule has 80 valence electrons. The minimum absolute atomic E-state index is 0.217. The number of sulfone groups is 1. The molecule has 0 amide bonds. The molecule has 0 spiro atoms. The first kappa shape index (κ1) is 12.9. The average Bonchev–Trinajstić information content (AvgIpc) is 1.82. The van der Waals surface area contributed by atoms with Crippen molar-refractivity contribution in [2.45, 2.75) is 45.4 Å². The van der Waals surface area contributed by atoms with Crippen LogP contribution in [0.3, 0.4) is 0 Å². The van der Waals surface area contributed by atoms with Gasteiger partial charge in [-0.1, -0.05) is 13.8 Å². The minimum atomic E-state index is -2.96. The van der Waals surface area contributed by atoms with Crippen molar-refractivity contribution in [3.8, 4) is 0 Å². The Labute approximate surface area is 81.8 Å². The predicted molar refractivity (Wildman–Crippen MR) is 56.7 cm³/mol. The summed E-state index contributed by atoms with van der Waals surface area (Å²) in [6, 6.07) is 0.343. The van der Waals surface area contributed by atoms with Crippen LogP contribution in [0.25, 0.3) is 0 Å². The quantitative estimate of drug-likeness (QED) is 0.753. The number of hydrogen-bond acceptors (Lipinski definition) is 3. The molecular weight excluding hydrogens is 186 g/mol. The van der Waals surface area contributed by atoms with Crippen molar-refractivity contribution >= 4 is 9.84 Å². The van der Waals surface area contributed by atoms with E-state index in [9.17, 15) is 8.42 Å². The second-order valence-corrected chi connectivity index (χ2v) is 7.40. The van der Waals surface area contributed by atoms with Crippen LogP contribution in [0.1, 0.15) is 34.6 Å². The highest BCUT2D eigenvalue weighted by Gasteiger charge is 2.27. The molecule has 0 saturated carbocycles. The van der Waals surface area contributed by atoms with E-state index in [4.69, 9.17) is 0 Å². The van der Waals surface area contributed by atoms with Gasteiger partial charge in [-0.25, -0.2) is 8.42 Å². The molecule has 0 aromatic carbocycles. The van der Waals surface area contributed by atoms with Gasteiger partial charge in [0.05, 0.1) is 10.5 Å². The molecule has 0 aliphatic carbocycles. The molecule has 4 heteroatoms. The molecule has 0 aromatic rings. The smallest absolute Gasteiger partial charge is 0.156 e. The van der Waals surface area contributed by atoms with Crippen LogP contribution in [0.4, 0.5) is 0 Å². The van der Waals surface area contributed by atoms with Crippen molar-refractivity contribution in [2.75, 3.05) is 12.3 Å². The van der Waals surface area contributed by atoms with Crippen LogP contribution in [0.2, 0.25) is 0 Å². The van der Waals surface area contributed by atoms with Crippen LogP contribution in [0.5, 0.6) is 0 Å². The Morgan fingerprint density at radius 3 is 2.00 bits per heavy atom. The van der Waals surface area contributed by atoms with E-state index < -0.39 is 14.6 Å². The third-order valence-corrected chi connectivity index (χ3v) is 4.46. The summed E-state index contributed by atoms with van der Waals surface area (Å²) in [7, 11) is -2.96. The molecule has 0 aromatic heterocycles. The summed E-state index contributed by atoms with van der Waals surface area (Å²) in [5, 5.41) is 3.09. The van der Waals surface area contributed by atoms with E-state index in [-0.39, 0.29) is 5.75 Å². The van der Waals surface area contributed by atoms with Gasteiger partial charge in [-0.15, -0.1) is 0 Å². The Kier molecular flexibility index (Phi) is 4.39. The van der Waals surface area contributed by atoms with Crippen molar-refractivity contribution in [3.05, 3.63) is 0 Å². The van der Waals surface area contributed by atoms with Gasteiger partial charge in [0.25, 0.3) is 0 Å². The average molecular weight is 207 g/mol. The van der Waals surface area contributed by atoms with E-state index in [1.807, 2.05) is 13.8 Å². The topological polar surface area (TPSA) is 46.2 Å². The van der Waals surface area contributed by atoms with Crippen molar-refractivity contribution in [2.24, 2.45) is 0 Å². The van der Waals surface area contributed by atoms with Crippen LogP contribution in [0.15, 0.2) is 0 Å². The minimum Gasteiger partial charge on any atom is -0.314 e. The monoisotopic (exact) mass is 207 g/mol. The lowest BCUT2D eigenvalue weighted by Gasteiger charge is -2.19. The Hall–Kier alpha value is -0.0900. The fourth-order valence-corrected chi connectivity index (χ4v) is 1.79. The molecule has 0 rings (SSSR count). The molecule has 0 heterocycles. The third-order valence-electron chi connectivity index (χ3n) is 1.86. The highest BCUT2D eigenvalue weighted by atomic mass is 32.2. The van der Waals surface area contributed by atoms with E-state index >= 15 is 0 Å². The fourth-order valence-electron chi connectivity index (χ4n) is 0.788. The SMILES string of the molecule is CC(C)NCCS(=O)(=O)C(C)(C)C. The summed E-state index contributed by atoms with van der Waals surface area (Å²) in [6.07, 6.45) is 0. The zero-order chi connectivity index (χ0) is 10.7. The van der Waals surface area contributed by atoms with Crippen LogP contribution < -0.4 is 5.32 Å². The Morgan fingerprint density at radius 2 is 1.69 bits per heavy atom. The normalized spacial score (nSPS) is 13.7. The molecule has 0 radical (unpaired) electrons. The van der Waals surface area contributed by atoms with Gasteiger partial charge in [0.2, 0.25) is 0 Å². The molecule has 3 nitrogen and oxygen atoms in total. The predicted octanol–water partition coefficient (Wildman–Crippen LogP) is 1.20. The fraction of sp³-hybridized carbons (Fsp3) is 1.00. The summed E-state index contributed by atoms with van der Waals surface area (Å²) in [5.41, 5.74) is 0. The summed E-state index contributed by atoms with van der Waals surface area (Å²) < 4.78 is 22.6. The van der Waals surface area contributed by atoms with Crippen molar-refractivity contribution < 1.29 is 8.42 Å². The molecule has 0 atom stereocenters. The van der Waals surface area contributed by atoms with Gasteiger partial charge in [-0.3, -0.25) is 0 Å². The van der Waals surface area contributed by atoms with E-state index in [1.54, 1.807) is 20.8 Å².